The normalized spacial score (nSPS) is 22.2. The summed E-state index contributed by atoms with van der Waals surface area (Å²) in [7, 11) is 1.68. The lowest BCUT2D eigenvalue weighted by molar-refractivity contribution is -0.115. The number of thioether (sulfide) groups is 1. The minimum absolute atomic E-state index is 0.0916. The lowest BCUT2D eigenvalue weighted by atomic mass is 9.79. The van der Waals surface area contributed by atoms with Crippen LogP contribution >= 0.6 is 11.8 Å². The Kier molecular flexibility index (Phi) is 6.08. The average molecular weight is 450 g/mol. The molecule has 2 aliphatic rings. The fourth-order valence-electron chi connectivity index (χ4n) is 4.84. The van der Waals surface area contributed by atoms with E-state index in [1.165, 1.54) is 23.0 Å². The fraction of sp³-hybridized carbons (Fsp3) is 0.385. The van der Waals surface area contributed by atoms with Crippen LogP contribution in [0.3, 0.4) is 0 Å². The Morgan fingerprint density at radius 2 is 2.06 bits per heavy atom. The van der Waals surface area contributed by atoms with Gasteiger partial charge in [-0.05, 0) is 81.1 Å². The molecule has 0 radical (unpaired) electrons. The predicted octanol–water partition coefficient (Wildman–Crippen LogP) is 6.01. The van der Waals surface area contributed by atoms with Crippen molar-refractivity contribution in [1.82, 2.24) is 5.32 Å². The van der Waals surface area contributed by atoms with Crippen LogP contribution in [0, 0.1) is 6.92 Å². The molecule has 1 atom stereocenters. The van der Waals surface area contributed by atoms with E-state index in [0.29, 0.717) is 16.0 Å². The lowest BCUT2D eigenvalue weighted by Crippen LogP contribution is -2.48. The van der Waals surface area contributed by atoms with Gasteiger partial charge in [-0.2, -0.15) is 0 Å². The molecule has 0 bridgehead atoms. The summed E-state index contributed by atoms with van der Waals surface area (Å²) in [5.41, 5.74) is 5.47. The van der Waals surface area contributed by atoms with Crippen molar-refractivity contribution in [3.05, 3.63) is 58.0 Å². The van der Waals surface area contributed by atoms with Crippen molar-refractivity contribution in [3.63, 3.8) is 0 Å². The van der Waals surface area contributed by atoms with Crippen molar-refractivity contribution in [2.24, 2.45) is 4.99 Å². The quantitative estimate of drug-likeness (QED) is 0.581. The van der Waals surface area contributed by atoms with E-state index in [-0.39, 0.29) is 11.4 Å². The highest BCUT2D eigenvalue weighted by molar-refractivity contribution is 8.18. The summed E-state index contributed by atoms with van der Waals surface area (Å²) in [6.45, 7) is 12.0. The molecule has 0 spiro atoms. The molecule has 1 unspecified atom stereocenters. The molecule has 2 heterocycles. The van der Waals surface area contributed by atoms with E-state index >= 15 is 0 Å². The average Bonchev–Trinajstić information content (AvgIpc) is 3.08. The smallest absolute Gasteiger partial charge is 0.264 e. The van der Waals surface area contributed by atoms with E-state index in [9.17, 15) is 4.79 Å². The molecular weight excluding hydrogens is 418 g/mol. The summed E-state index contributed by atoms with van der Waals surface area (Å²) >= 11 is 1.36. The number of hydrogen-bond acceptors (Lipinski definition) is 5. The van der Waals surface area contributed by atoms with Gasteiger partial charge in [0.25, 0.3) is 5.91 Å². The molecule has 5 nitrogen and oxygen atoms in total. The summed E-state index contributed by atoms with van der Waals surface area (Å²) in [5, 5.41) is 3.49. The summed E-state index contributed by atoms with van der Waals surface area (Å²) < 4.78 is 5.75. The summed E-state index contributed by atoms with van der Waals surface area (Å²) in [5.74, 6) is 1.07. The second kappa shape index (κ2) is 8.66. The first-order valence-corrected chi connectivity index (χ1v) is 11.9. The Hall–Kier alpha value is -2.73. The van der Waals surface area contributed by atoms with Gasteiger partial charge in [0, 0.05) is 29.4 Å². The molecule has 1 saturated heterocycles. The molecular formula is C26H31N3O2S. The number of para-hydroxylation sites is 1. The topological polar surface area (TPSA) is 53.9 Å². The van der Waals surface area contributed by atoms with Crippen molar-refractivity contribution in [2.75, 3.05) is 18.6 Å². The van der Waals surface area contributed by atoms with Crippen LogP contribution in [0.1, 0.15) is 56.7 Å². The number of nitrogens with zero attached hydrogens (tertiary/aromatic N) is 2. The largest absolute Gasteiger partial charge is 0.496 e. The molecule has 0 aliphatic carbocycles. The molecule has 0 saturated carbocycles. The van der Waals surface area contributed by atoms with Crippen LogP contribution < -0.4 is 15.0 Å². The maximum Gasteiger partial charge on any atom is 0.264 e. The number of hydrogen-bond donors (Lipinski definition) is 1. The van der Waals surface area contributed by atoms with Gasteiger partial charge in [-0.15, -0.1) is 0 Å². The van der Waals surface area contributed by atoms with Gasteiger partial charge in [0.05, 0.1) is 17.7 Å². The SMILES string of the molecule is CCN1c2cc(OC)c(/C=C3/SC(=Nc4ccccc4C)NC3=O)cc2C(C)CC1(C)C. The van der Waals surface area contributed by atoms with Gasteiger partial charge in [0.15, 0.2) is 5.17 Å². The highest BCUT2D eigenvalue weighted by Gasteiger charge is 2.36. The Labute approximate surface area is 194 Å². The van der Waals surface area contributed by atoms with E-state index < -0.39 is 0 Å². The first-order chi connectivity index (χ1) is 15.2. The number of carbonyl (C=O) groups excluding carboxylic acids is 1. The number of nitrogens with one attached hydrogen (secondary N) is 1. The summed E-state index contributed by atoms with van der Waals surface area (Å²) in [6, 6.07) is 12.2. The summed E-state index contributed by atoms with van der Waals surface area (Å²) in [6.07, 6.45) is 3.00. The van der Waals surface area contributed by atoms with Gasteiger partial charge in [-0.3, -0.25) is 4.79 Å². The van der Waals surface area contributed by atoms with Crippen molar-refractivity contribution in [3.8, 4) is 5.75 Å². The van der Waals surface area contributed by atoms with Crippen LogP contribution in [-0.4, -0.2) is 30.3 Å². The second-order valence-corrected chi connectivity index (χ2v) is 10.1. The molecule has 168 valence electrons. The molecule has 32 heavy (non-hydrogen) atoms. The molecule has 4 rings (SSSR count). The van der Waals surface area contributed by atoms with Crippen LogP contribution in [0.25, 0.3) is 6.08 Å². The van der Waals surface area contributed by atoms with Crippen LogP contribution in [0.5, 0.6) is 5.75 Å². The molecule has 1 amide bonds. The van der Waals surface area contributed by atoms with E-state index in [1.54, 1.807) is 7.11 Å². The number of fused-ring (bicyclic) bond motifs is 1. The van der Waals surface area contributed by atoms with Gasteiger partial charge in [0.2, 0.25) is 0 Å². The summed E-state index contributed by atoms with van der Waals surface area (Å²) in [4.78, 5) is 20.4. The highest BCUT2D eigenvalue weighted by Crippen LogP contribution is 2.46. The third kappa shape index (κ3) is 4.16. The Balaban J connectivity index is 1.71. The van der Waals surface area contributed by atoms with Crippen molar-refractivity contribution < 1.29 is 9.53 Å². The van der Waals surface area contributed by atoms with Gasteiger partial charge in [0.1, 0.15) is 5.75 Å². The van der Waals surface area contributed by atoms with Crippen molar-refractivity contribution in [1.29, 1.82) is 0 Å². The number of aryl methyl sites for hydroxylation is 1. The molecule has 2 aromatic rings. The highest BCUT2D eigenvalue weighted by atomic mass is 32.2. The number of rotatable bonds is 4. The van der Waals surface area contributed by atoms with Gasteiger partial charge >= 0.3 is 0 Å². The molecule has 1 fully saturated rings. The minimum Gasteiger partial charge on any atom is -0.496 e. The molecule has 6 heteroatoms. The molecule has 2 aliphatic heterocycles. The first-order valence-electron chi connectivity index (χ1n) is 11.1. The standard InChI is InChI=1S/C26H31N3O2S/c1-7-29-21-14-22(31-6)18(12-19(21)17(3)15-26(29,4)5)13-23-24(30)28-25(32-23)27-20-11-9-8-10-16(20)2/h8-14,17H,7,15H2,1-6H3,(H,27,28,30)/b23-13+. The van der Waals surface area contributed by atoms with Gasteiger partial charge in [-0.25, -0.2) is 4.99 Å². The van der Waals surface area contributed by atoms with Crippen LogP contribution in [0.2, 0.25) is 0 Å². The van der Waals surface area contributed by atoms with E-state index in [2.05, 4.69) is 55.0 Å². The zero-order valence-electron chi connectivity index (χ0n) is 19.7. The minimum atomic E-state index is -0.133. The number of amides is 1. The number of ether oxygens (including phenoxy) is 1. The maximum absolute atomic E-state index is 12.7. The third-order valence-corrected chi connectivity index (χ3v) is 7.24. The number of methoxy groups -OCH3 is 1. The molecule has 0 aromatic heterocycles. The Morgan fingerprint density at radius 3 is 2.75 bits per heavy atom. The van der Waals surface area contributed by atoms with Crippen LogP contribution in [0.15, 0.2) is 46.3 Å². The zero-order chi connectivity index (χ0) is 23.0. The third-order valence-electron chi connectivity index (χ3n) is 6.33. The number of benzene rings is 2. The first kappa shape index (κ1) is 22.5. The monoisotopic (exact) mass is 449 g/mol. The van der Waals surface area contributed by atoms with E-state index in [1.807, 2.05) is 37.3 Å². The predicted molar refractivity (Wildman–Crippen MR) is 135 cm³/mol. The Bertz CT molecular complexity index is 1120. The van der Waals surface area contributed by atoms with E-state index in [0.717, 1.165) is 35.5 Å². The Morgan fingerprint density at radius 1 is 1.31 bits per heavy atom. The van der Waals surface area contributed by atoms with Crippen LogP contribution in [0.4, 0.5) is 11.4 Å². The molecule has 2 aromatic carbocycles. The lowest BCUT2D eigenvalue weighted by Gasteiger charge is -2.47. The number of aliphatic imine (C=N–C) groups is 1. The maximum atomic E-state index is 12.7. The van der Waals surface area contributed by atoms with Gasteiger partial charge in [-0.1, -0.05) is 25.1 Å². The van der Waals surface area contributed by atoms with Gasteiger partial charge < -0.3 is 15.0 Å². The fourth-order valence-corrected chi connectivity index (χ4v) is 5.66. The van der Waals surface area contributed by atoms with Crippen LogP contribution in [-0.2, 0) is 4.79 Å². The number of anilines is 1. The second-order valence-electron chi connectivity index (χ2n) is 9.08. The number of carbonyl (C=O) groups is 1. The van der Waals surface area contributed by atoms with E-state index in [4.69, 9.17) is 4.74 Å². The number of amidine groups is 1. The van der Waals surface area contributed by atoms with Crippen molar-refractivity contribution in [2.45, 2.75) is 52.5 Å². The van der Waals surface area contributed by atoms with Crippen molar-refractivity contribution >= 4 is 40.3 Å². The zero-order valence-corrected chi connectivity index (χ0v) is 20.5. The molecule has 1 N–H and O–H groups in total.